The number of ether oxygens (including phenoxy) is 2. The quantitative estimate of drug-likeness (QED) is 0.363. The first-order valence-corrected chi connectivity index (χ1v) is 12.7. The van der Waals surface area contributed by atoms with Gasteiger partial charge in [-0.3, -0.25) is 19.1 Å². The van der Waals surface area contributed by atoms with Crippen LogP contribution in [0.1, 0.15) is 62.3 Å². The van der Waals surface area contributed by atoms with Crippen LogP contribution in [-0.4, -0.2) is 70.0 Å². The van der Waals surface area contributed by atoms with Gasteiger partial charge >= 0.3 is 5.97 Å². The van der Waals surface area contributed by atoms with E-state index in [9.17, 15) is 14.7 Å². The van der Waals surface area contributed by atoms with Crippen LogP contribution in [-0.2, 0) is 16.1 Å². The van der Waals surface area contributed by atoms with E-state index in [-0.39, 0.29) is 42.0 Å². The van der Waals surface area contributed by atoms with Gasteiger partial charge in [0.1, 0.15) is 11.5 Å². The first kappa shape index (κ1) is 28.6. The number of phenolic OH excluding ortho intramolecular Hbond substituents is 1. The number of carbonyl (C=O) groups excluding carboxylic acids is 2. The van der Waals surface area contributed by atoms with Crippen molar-refractivity contribution in [2.24, 2.45) is 0 Å². The van der Waals surface area contributed by atoms with E-state index in [0.717, 1.165) is 11.1 Å². The fraction of sp³-hybridized carbons (Fsp3) is 0.429. The highest BCUT2D eigenvalue weighted by Gasteiger charge is 2.25. The minimum Gasteiger partial charge on any atom is -0.507 e. The van der Waals surface area contributed by atoms with Crippen molar-refractivity contribution in [3.8, 4) is 28.6 Å². The van der Waals surface area contributed by atoms with E-state index in [1.54, 1.807) is 24.7 Å². The van der Waals surface area contributed by atoms with Gasteiger partial charge in [0.2, 0.25) is 5.82 Å². The Balaban J connectivity index is 2.05. The summed E-state index contributed by atoms with van der Waals surface area (Å²) in [6, 6.07) is 10.8. The van der Waals surface area contributed by atoms with Crippen molar-refractivity contribution in [1.29, 1.82) is 0 Å². The summed E-state index contributed by atoms with van der Waals surface area (Å²) in [6.07, 6.45) is 0. The molecule has 0 atom stereocenters. The topological polar surface area (TPSA) is 119 Å². The number of nitrogens with zero attached hydrogens (tertiary/aromatic N) is 4. The van der Waals surface area contributed by atoms with E-state index in [1.165, 1.54) is 0 Å². The fourth-order valence-corrected chi connectivity index (χ4v) is 4.11. The molecule has 2 aromatic carbocycles. The Morgan fingerprint density at radius 1 is 1.11 bits per heavy atom. The zero-order chi connectivity index (χ0) is 28.0. The second kappa shape index (κ2) is 12.6. The maximum absolute atomic E-state index is 13.1. The molecule has 38 heavy (non-hydrogen) atoms. The summed E-state index contributed by atoms with van der Waals surface area (Å²) in [4.78, 5) is 26.7. The molecular weight excluding hydrogens is 486 g/mol. The first-order chi connectivity index (χ1) is 18.0. The van der Waals surface area contributed by atoms with Gasteiger partial charge in [-0.15, -0.1) is 10.2 Å². The summed E-state index contributed by atoms with van der Waals surface area (Å²) >= 11 is 0. The summed E-state index contributed by atoms with van der Waals surface area (Å²) in [6.45, 7) is 10.6. The molecule has 10 heteroatoms. The molecule has 3 rings (SSSR count). The van der Waals surface area contributed by atoms with E-state index in [2.05, 4.69) is 15.5 Å². The minimum atomic E-state index is -0.380. The van der Waals surface area contributed by atoms with Crippen molar-refractivity contribution in [3.63, 3.8) is 0 Å². The maximum atomic E-state index is 13.1. The Bertz CT molecular complexity index is 1270. The van der Waals surface area contributed by atoms with Crippen LogP contribution in [0.3, 0.4) is 0 Å². The Labute approximate surface area is 223 Å². The van der Waals surface area contributed by atoms with Crippen LogP contribution in [0.4, 0.5) is 0 Å². The number of aromatic nitrogens is 3. The Kier molecular flexibility index (Phi) is 9.46. The second-order valence-electron chi connectivity index (χ2n) is 9.72. The number of benzene rings is 2. The monoisotopic (exact) mass is 523 g/mol. The average Bonchev–Trinajstić information content (AvgIpc) is 3.28. The smallest absolute Gasteiger partial charge is 0.320 e. The number of methoxy groups -OCH3 is 1. The van der Waals surface area contributed by atoms with E-state index >= 15 is 0 Å². The molecule has 10 nitrogen and oxygen atoms in total. The molecule has 1 heterocycles. The van der Waals surface area contributed by atoms with E-state index in [4.69, 9.17) is 9.47 Å². The predicted octanol–water partition coefficient (Wildman–Crippen LogP) is 3.91. The molecule has 2 N–H and O–H groups in total. The molecule has 204 valence electrons. The van der Waals surface area contributed by atoms with Gasteiger partial charge in [-0.25, -0.2) is 0 Å². The second-order valence-corrected chi connectivity index (χ2v) is 9.72. The Morgan fingerprint density at radius 3 is 2.37 bits per heavy atom. The number of rotatable bonds is 11. The normalized spacial score (nSPS) is 11.3. The molecule has 0 spiro atoms. The zero-order valence-electron chi connectivity index (χ0n) is 23.1. The Hall–Kier alpha value is -3.92. The number of phenols is 1. The molecule has 0 radical (unpaired) electrons. The van der Waals surface area contributed by atoms with Gasteiger partial charge in [0.25, 0.3) is 5.91 Å². The summed E-state index contributed by atoms with van der Waals surface area (Å²) in [5.41, 5.74) is 2.95. The number of hydrogen-bond acceptors (Lipinski definition) is 8. The number of esters is 1. The zero-order valence-corrected chi connectivity index (χ0v) is 23.1. The number of nitrogens with one attached hydrogen (secondary N) is 1. The predicted molar refractivity (Wildman–Crippen MR) is 145 cm³/mol. The third-order valence-electron chi connectivity index (χ3n) is 5.85. The van der Waals surface area contributed by atoms with Crippen molar-refractivity contribution in [2.45, 2.75) is 53.1 Å². The van der Waals surface area contributed by atoms with Gasteiger partial charge in [0, 0.05) is 24.3 Å². The van der Waals surface area contributed by atoms with Crippen LogP contribution in [0.5, 0.6) is 11.5 Å². The molecule has 0 fully saturated rings. The van der Waals surface area contributed by atoms with Crippen LogP contribution < -0.4 is 10.1 Å². The lowest BCUT2D eigenvalue weighted by molar-refractivity contribution is -0.144. The lowest BCUT2D eigenvalue weighted by Crippen LogP contribution is -2.32. The molecule has 0 bridgehead atoms. The summed E-state index contributed by atoms with van der Waals surface area (Å²) in [5, 5.41) is 22.3. The van der Waals surface area contributed by atoms with Crippen molar-refractivity contribution < 1.29 is 24.2 Å². The fourth-order valence-electron chi connectivity index (χ4n) is 4.11. The van der Waals surface area contributed by atoms with Gasteiger partial charge < -0.3 is 19.9 Å². The molecular formula is C28H37N5O5. The van der Waals surface area contributed by atoms with E-state index < -0.39 is 0 Å². The highest BCUT2D eigenvalue weighted by atomic mass is 16.5. The van der Waals surface area contributed by atoms with Gasteiger partial charge in [-0.05, 0) is 63.1 Å². The molecule has 0 saturated heterocycles. The lowest BCUT2D eigenvalue weighted by atomic mass is 9.98. The number of amides is 1. The van der Waals surface area contributed by atoms with Gasteiger partial charge in [-0.1, -0.05) is 26.0 Å². The van der Waals surface area contributed by atoms with Gasteiger partial charge in [0.05, 0.1) is 25.8 Å². The van der Waals surface area contributed by atoms with Gasteiger partial charge in [0.15, 0.2) is 5.82 Å². The van der Waals surface area contributed by atoms with Crippen molar-refractivity contribution in [1.82, 2.24) is 25.0 Å². The number of carbonyl (C=O) groups is 2. The molecule has 3 aromatic rings. The van der Waals surface area contributed by atoms with E-state index in [1.807, 2.05) is 70.0 Å². The number of hydrogen-bond donors (Lipinski definition) is 2. The highest BCUT2D eigenvalue weighted by molar-refractivity contribution is 5.92. The molecule has 1 amide bonds. The van der Waals surface area contributed by atoms with Crippen LogP contribution in [0.25, 0.3) is 17.1 Å². The van der Waals surface area contributed by atoms with Crippen LogP contribution in [0.2, 0.25) is 0 Å². The summed E-state index contributed by atoms with van der Waals surface area (Å²) in [7, 11) is 3.40. The van der Waals surface area contributed by atoms with Crippen LogP contribution in [0.15, 0.2) is 36.4 Å². The third-order valence-corrected chi connectivity index (χ3v) is 5.85. The standard InChI is InChI=1S/C28H37N5O5/c1-8-38-25(35)16-32(6)15-19-9-11-20(12-10-19)33-26(30-31-27(33)28(36)29-18(4)5)22-13-21(17(2)3)24(37-7)14-23(22)34/h9-14,17-18,34H,8,15-16H2,1-7H3,(H,29,36). The lowest BCUT2D eigenvalue weighted by Gasteiger charge is -2.18. The molecule has 1 aromatic heterocycles. The SMILES string of the molecule is CCOC(=O)CN(C)Cc1ccc(-n2c(C(=O)NC(C)C)nnc2-c2cc(C(C)C)c(OC)cc2O)cc1. The van der Waals surface area contributed by atoms with E-state index in [0.29, 0.717) is 36.0 Å². The first-order valence-electron chi connectivity index (χ1n) is 12.7. The average molecular weight is 524 g/mol. The molecule has 0 aliphatic rings. The van der Waals surface area contributed by atoms with Crippen LogP contribution >= 0.6 is 0 Å². The summed E-state index contributed by atoms with van der Waals surface area (Å²) < 4.78 is 12.1. The Morgan fingerprint density at radius 2 is 1.79 bits per heavy atom. The summed E-state index contributed by atoms with van der Waals surface area (Å²) in [5.74, 6) is 0.426. The van der Waals surface area contributed by atoms with Crippen LogP contribution in [0, 0.1) is 0 Å². The molecule has 0 aliphatic carbocycles. The number of aromatic hydroxyl groups is 1. The molecule has 0 unspecified atom stereocenters. The van der Waals surface area contributed by atoms with Crippen molar-refractivity contribution >= 4 is 11.9 Å². The number of likely N-dealkylation sites (N-methyl/N-ethyl adjacent to an activating group) is 1. The minimum absolute atomic E-state index is 0.0343. The highest BCUT2D eigenvalue weighted by Crippen LogP contribution is 2.38. The van der Waals surface area contributed by atoms with Gasteiger partial charge in [-0.2, -0.15) is 0 Å². The van der Waals surface area contributed by atoms with Crippen molar-refractivity contribution in [2.75, 3.05) is 27.3 Å². The third kappa shape index (κ3) is 6.69. The molecule has 0 aliphatic heterocycles. The van der Waals surface area contributed by atoms with Crippen molar-refractivity contribution in [3.05, 3.63) is 53.3 Å². The maximum Gasteiger partial charge on any atom is 0.320 e. The largest absolute Gasteiger partial charge is 0.507 e. The molecule has 0 saturated carbocycles.